The van der Waals surface area contributed by atoms with Crippen molar-refractivity contribution < 1.29 is 8.42 Å². The van der Waals surface area contributed by atoms with Gasteiger partial charge in [0.05, 0.1) is 4.90 Å². The summed E-state index contributed by atoms with van der Waals surface area (Å²) in [5, 5.41) is 3.28. The quantitative estimate of drug-likeness (QED) is 0.794. The lowest BCUT2D eigenvalue weighted by molar-refractivity contribution is 0.326. The topological polar surface area (TPSA) is 61.4 Å². The molecule has 108 valence electrons. The van der Waals surface area contributed by atoms with Crippen LogP contribution in [0.4, 0.5) is 5.69 Å². The average molecular weight is 285 g/mol. The van der Waals surface area contributed by atoms with E-state index in [1.165, 1.54) is 0 Å². The molecule has 0 aliphatic carbocycles. The number of hydrogen-bond acceptors (Lipinski definition) is 4. The fourth-order valence-electron chi connectivity index (χ4n) is 1.47. The van der Waals surface area contributed by atoms with E-state index in [9.17, 15) is 8.42 Å². The van der Waals surface area contributed by atoms with Gasteiger partial charge in [-0.15, -0.1) is 0 Å². The van der Waals surface area contributed by atoms with Crippen LogP contribution in [0.1, 0.15) is 13.8 Å². The summed E-state index contributed by atoms with van der Waals surface area (Å²) < 4.78 is 26.0. The summed E-state index contributed by atoms with van der Waals surface area (Å²) in [5.41, 5.74) is 0.921. The fraction of sp³-hybridized carbons (Fsp3) is 0.538. The van der Waals surface area contributed by atoms with E-state index >= 15 is 0 Å². The number of hydrogen-bond donors (Lipinski definition) is 2. The molecule has 1 atom stereocenters. The van der Waals surface area contributed by atoms with Gasteiger partial charge in [0, 0.05) is 24.8 Å². The third-order valence-corrected chi connectivity index (χ3v) is 4.54. The van der Waals surface area contributed by atoms with Crippen molar-refractivity contribution in [2.75, 3.05) is 32.5 Å². The van der Waals surface area contributed by atoms with Crippen LogP contribution in [0.3, 0.4) is 0 Å². The molecule has 0 aliphatic heterocycles. The van der Waals surface area contributed by atoms with Gasteiger partial charge in [0.1, 0.15) is 0 Å². The second kappa shape index (κ2) is 6.88. The lowest BCUT2D eigenvalue weighted by Crippen LogP contribution is -2.31. The molecule has 1 rings (SSSR count). The average Bonchev–Trinajstić information content (AvgIpc) is 2.36. The molecule has 0 radical (unpaired) electrons. The minimum absolute atomic E-state index is 0.292. The van der Waals surface area contributed by atoms with E-state index in [0.29, 0.717) is 17.5 Å². The van der Waals surface area contributed by atoms with E-state index in [2.05, 4.69) is 21.9 Å². The first-order chi connectivity index (χ1) is 8.86. The van der Waals surface area contributed by atoms with Gasteiger partial charge >= 0.3 is 0 Å². The van der Waals surface area contributed by atoms with E-state index in [4.69, 9.17) is 0 Å². The number of anilines is 1. The summed E-state index contributed by atoms with van der Waals surface area (Å²) >= 11 is 0. The molecule has 0 spiro atoms. The van der Waals surface area contributed by atoms with Crippen LogP contribution in [-0.4, -0.2) is 46.5 Å². The van der Waals surface area contributed by atoms with Crippen LogP contribution < -0.4 is 10.0 Å². The molecule has 0 aliphatic rings. The van der Waals surface area contributed by atoms with Gasteiger partial charge < -0.3 is 10.2 Å². The van der Waals surface area contributed by atoms with Crippen LogP contribution in [0.2, 0.25) is 0 Å². The first kappa shape index (κ1) is 15.9. The molecular weight excluding hydrogens is 262 g/mol. The van der Waals surface area contributed by atoms with Gasteiger partial charge in [-0.3, -0.25) is 0 Å². The van der Waals surface area contributed by atoms with Gasteiger partial charge in [-0.1, -0.05) is 6.92 Å². The van der Waals surface area contributed by atoms with E-state index in [0.717, 1.165) is 12.2 Å². The second-order valence-electron chi connectivity index (χ2n) is 4.72. The number of sulfonamides is 1. The van der Waals surface area contributed by atoms with Crippen molar-refractivity contribution in [1.29, 1.82) is 0 Å². The highest BCUT2D eigenvalue weighted by atomic mass is 32.2. The van der Waals surface area contributed by atoms with Crippen LogP contribution in [-0.2, 0) is 10.0 Å². The van der Waals surface area contributed by atoms with Crippen molar-refractivity contribution in [3.63, 3.8) is 0 Å². The van der Waals surface area contributed by atoms with Crippen molar-refractivity contribution in [3.8, 4) is 0 Å². The lowest BCUT2D eigenvalue weighted by Gasteiger charge is -2.20. The third kappa shape index (κ3) is 4.81. The van der Waals surface area contributed by atoms with Crippen LogP contribution in [0.15, 0.2) is 29.2 Å². The lowest BCUT2D eigenvalue weighted by atomic mass is 10.3. The minimum Gasteiger partial charge on any atom is -0.383 e. The zero-order valence-corrected chi connectivity index (χ0v) is 12.8. The van der Waals surface area contributed by atoms with Crippen LogP contribution in [0.25, 0.3) is 0 Å². The Balaban J connectivity index is 2.67. The molecule has 0 saturated carbocycles. The number of nitrogens with one attached hydrogen (secondary N) is 2. The highest BCUT2D eigenvalue weighted by molar-refractivity contribution is 7.89. The smallest absolute Gasteiger partial charge is 0.240 e. The largest absolute Gasteiger partial charge is 0.383 e. The molecule has 0 fully saturated rings. The zero-order valence-electron chi connectivity index (χ0n) is 12.0. The molecule has 0 bridgehead atoms. The van der Waals surface area contributed by atoms with Gasteiger partial charge in [0.15, 0.2) is 0 Å². The van der Waals surface area contributed by atoms with Gasteiger partial charge in [-0.05, 0) is 45.3 Å². The molecule has 2 N–H and O–H groups in total. The number of benzene rings is 1. The molecule has 0 heterocycles. The number of likely N-dealkylation sites (N-methyl/N-ethyl adjacent to an activating group) is 1. The standard InChI is InChI=1S/C13H23N3O2S/c1-5-15-19(17,18)13-8-6-12(7-9-13)14-10-11(2)16(3)4/h6-9,11,14-15H,5,10H2,1-4H3. The molecule has 19 heavy (non-hydrogen) atoms. The Bertz CT molecular complexity index is 483. The summed E-state index contributed by atoms with van der Waals surface area (Å²) in [5.74, 6) is 0. The number of rotatable bonds is 7. The van der Waals surface area contributed by atoms with Crippen molar-refractivity contribution in [1.82, 2.24) is 9.62 Å². The van der Waals surface area contributed by atoms with Gasteiger partial charge in [-0.25, -0.2) is 13.1 Å². The third-order valence-electron chi connectivity index (χ3n) is 2.98. The van der Waals surface area contributed by atoms with Crippen molar-refractivity contribution in [2.45, 2.75) is 24.8 Å². The highest BCUT2D eigenvalue weighted by Crippen LogP contribution is 2.14. The van der Waals surface area contributed by atoms with Gasteiger partial charge in [-0.2, -0.15) is 0 Å². The molecule has 0 amide bonds. The van der Waals surface area contributed by atoms with E-state index in [1.54, 1.807) is 31.2 Å². The molecule has 1 aromatic rings. The van der Waals surface area contributed by atoms with Crippen molar-refractivity contribution in [2.24, 2.45) is 0 Å². The van der Waals surface area contributed by atoms with Gasteiger partial charge in [0.25, 0.3) is 0 Å². The normalized spacial score (nSPS) is 13.5. The Morgan fingerprint density at radius 3 is 2.26 bits per heavy atom. The second-order valence-corrected chi connectivity index (χ2v) is 6.49. The Kier molecular flexibility index (Phi) is 5.78. The van der Waals surface area contributed by atoms with Crippen LogP contribution in [0, 0.1) is 0 Å². The van der Waals surface area contributed by atoms with Crippen molar-refractivity contribution in [3.05, 3.63) is 24.3 Å². The predicted octanol–water partition coefficient (Wildman–Crippen LogP) is 1.35. The maximum Gasteiger partial charge on any atom is 0.240 e. The van der Waals surface area contributed by atoms with E-state index in [-0.39, 0.29) is 0 Å². The monoisotopic (exact) mass is 285 g/mol. The highest BCUT2D eigenvalue weighted by Gasteiger charge is 2.12. The molecule has 1 unspecified atom stereocenters. The molecule has 1 aromatic carbocycles. The summed E-state index contributed by atoms with van der Waals surface area (Å²) in [4.78, 5) is 2.41. The van der Waals surface area contributed by atoms with E-state index < -0.39 is 10.0 Å². The first-order valence-electron chi connectivity index (χ1n) is 6.37. The van der Waals surface area contributed by atoms with Gasteiger partial charge in [0.2, 0.25) is 10.0 Å². The summed E-state index contributed by atoms with van der Waals surface area (Å²) in [6.07, 6.45) is 0. The zero-order chi connectivity index (χ0) is 14.5. The molecule has 5 nitrogen and oxygen atoms in total. The molecular formula is C13H23N3O2S. The maximum absolute atomic E-state index is 11.8. The predicted molar refractivity (Wildman–Crippen MR) is 78.9 cm³/mol. The van der Waals surface area contributed by atoms with Crippen molar-refractivity contribution >= 4 is 15.7 Å². The number of nitrogens with zero attached hydrogens (tertiary/aromatic N) is 1. The fourth-order valence-corrected chi connectivity index (χ4v) is 2.51. The molecule has 6 heteroatoms. The molecule has 0 aromatic heterocycles. The summed E-state index contributed by atoms with van der Waals surface area (Å²) in [7, 11) is 0.695. The molecule has 0 saturated heterocycles. The van der Waals surface area contributed by atoms with Crippen LogP contribution >= 0.6 is 0 Å². The minimum atomic E-state index is -3.36. The SMILES string of the molecule is CCNS(=O)(=O)c1ccc(NCC(C)N(C)C)cc1. The summed E-state index contributed by atoms with van der Waals surface area (Å²) in [6, 6.07) is 7.20. The Hall–Kier alpha value is -1.11. The maximum atomic E-state index is 11.8. The summed E-state index contributed by atoms with van der Waals surface area (Å²) in [6.45, 7) is 5.09. The Morgan fingerprint density at radius 2 is 1.79 bits per heavy atom. The first-order valence-corrected chi connectivity index (χ1v) is 7.85. The Labute approximate surface area is 116 Å². The van der Waals surface area contributed by atoms with Crippen LogP contribution in [0.5, 0.6) is 0 Å². The van der Waals surface area contributed by atoms with E-state index in [1.807, 2.05) is 14.1 Å². The Morgan fingerprint density at radius 1 is 1.21 bits per heavy atom.